The molecule has 3 saturated carbocycles. The molecular formula is C27H34F6O2. The summed E-state index contributed by atoms with van der Waals surface area (Å²) in [5.74, 6) is 3.30. The van der Waals surface area contributed by atoms with E-state index in [1.807, 2.05) is 12.8 Å². The van der Waals surface area contributed by atoms with Crippen LogP contribution in [0.15, 0.2) is 35.5 Å². The Morgan fingerprint density at radius 1 is 1.09 bits per heavy atom. The highest BCUT2D eigenvalue weighted by Gasteiger charge is 2.70. The van der Waals surface area contributed by atoms with Crippen LogP contribution in [0.4, 0.5) is 26.3 Å². The first-order valence-electron chi connectivity index (χ1n) is 12.2. The van der Waals surface area contributed by atoms with E-state index in [4.69, 9.17) is 0 Å². The normalized spacial score (nSPS) is 33.4. The van der Waals surface area contributed by atoms with E-state index in [1.165, 1.54) is 5.57 Å². The summed E-state index contributed by atoms with van der Waals surface area (Å²) in [6.45, 7) is 8.10. The summed E-state index contributed by atoms with van der Waals surface area (Å²) < 4.78 is 77.4. The molecule has 3 aliphatic rings. The van der Waals surface area contributed by atoms with E-state index in [1.54, 1.807) is 0 Å². The Labute approximate surface area is 203 Å². The average molecular weight is 505 g/mol. The number of hydrogen-bond donors (Lipinski definition) is 2. The molecule has 8 heteroatoms. The Bertz CT molecular complexity index is 918. The van der Waals surface area contributed by atoms with E-state index in [9.17, 15) is 36.6 Å². The van der Waals surface area contributed by atoms with Crippen molar-refractivity contribution in [2.24, 2.45) is 23.2 Å². The summed E-state index contributed by atoms with van der Waals surface area (Å²) in [6.07, 6.45) is -1.50. The predicted molar refractivity (Wildman–Crippen MR) is 122 cm³/mol. The Hall–Kier alpha value is -1.72. The van der Waals surface area contributed by atoms with Crippen molar-refractivity contribution in [2.45, 2.75) is 95.7 Å². The number of halogens is 6. The van der Waals surface area contributed by atoms with E-state index in [-0.39, 0.29) is 35.7 Å². The minimum Gasteiger partial charge on any atom is -0.393 e. The largest absolute Gasteiger partial charge is 0.438 e. The third kappa shape index (κ3) is 5.51. The molecule has 3 rings (SSSR count). The molecule has 0 unspecified atom stereocenters. The smallest absolute Gasteiger partial charge is 0.393 e. The van der Waals surface area contributed by atoms with Crippen molar-refractivity contribution in [3.63, 3.8) is 0 Å². The Balaban J connectivity index is 1.76. The third-order valence-corrected chi connectivity index (χ3v) is 8.43. The second-order valence-electron chi connectivity index (χ2n) is 10.7. The molecule has 0 saturated heterocycles. The zero-order chi connectivity index (χ0) is 26.2. The van der Waals surface area contributed by atoms with E-state index in [0.29, 0.717) is 6.42 Å². The van der Waals surface area contributed by atoms with Crippen LogP contribution in [0.2, 0.25) is 0 Å². The highest BCUT2D eigenvalue weighted by molar-refractivity contribution is 5.36. The van der Waals surface area contributed by atoms with Gasteiger partial charge in [0.05, 0.1) is 6.10 Å². The SMILES string of the molecule is C=C1CC[C@H](O)C/C1=C\C=C1/CCC[C@]2(C)[C@@H]([C@H](C)CC#CC(O)(C(F)(F)F)C(F)(F)F)CC[C@@H]12. The molecule has 0 aromatic heterocycles. The minimum atomic E-state index is -5.93. The summed E-state index contributed by atoms with van der Waals surface area (Å²) in [7, 11) is 0. The molecule has 2 N–H and O–H groups in total. The molecular weight excluding hydrogens is 470 g/mol. The zero-order valence-corrected chi connectivity index (χ0v) is 20.2. The first-order valence-corrected chi connectivity index (χ1v) is 12.2. The zero-order valence-electron chi connectivity index (χ0n) is 20.2. The van der Waals surface area contributed by atoms with E-state index < -0.39 is 18.0 Å². The molecule has 196 valence electrons. The number of fused-ring (bicyclic) bond motifs is 1. The van der Waals surface area contributed by atoms with Gasteiger partial charge in [-0.25, -0.2) is 0 Å². The first kappa shape index (κ1) is 27.9. The topological polar surface area (TPSA) is 40.5 Å². The van der Waals surface area contributed by atoms with Crippen molar-refractivity contribution in [3.8, 4) is 11.8 Å². The van der Waals surface area contributed by atoms with Crippen LogP contribution in [-0.4, -0.2) is 34.3 Å². The Kier molecular flexibility index (Phi) is 7.94. The lowest BCUT2D eigenvalue weighted by Gasteiger charge is -2.44. The highest BCUT2D eigenvalue weighted by Crippen LogP contribution is 2.59. The van der Waals surface area contributed by atoms with Crippen molar-refractivity contribution in [1.29, 1.82) is 0 Å². The van der Waals surface area contributed by atoms with Crippen LogP contribution in [0.1, 0.15) is 71.6 Å². The second kappa shape index (κ2) is 9.97. The van der Waals surface area contributed by atoms with Crippen LogP contribution in [-0.2, 0) is 0 Å². The van der Waals surface area contributed by atoms with Gasteiger partial charge in [-0.2, -0.15) is 26.3 Å². The lowest BCUT2D eigenvalue weighted by molar-refractivity contribution is -0.343. The van der Waals surface area contributed by atoms with Crippen LogP contribution in [0.5, 0.6) is 0 Å². The second-order valence-corrected chi connectivity index (χ2v) is 10.7. The van der Waals surface area contributed by atoms with Crippen LogP contribution in [0, 0.1) is 35.0 Å². The van der Waals surface area contributed by atoms with Crippen LogP contribution >= 0.6 is 0 Å². The lowest BCUT2D eigenvalue weighted by Crippen LogP contribution is -2.55. The van der Waals surface area contributed by atoms with Crippen molar-refractivity contribution in [2.75, 3.05) is 0 Å². The first-order chi connectivity index (χ1) is 16.1. The van der Waals surface area contributed by atoms with Gasteiger partial charge in [-0.3, -0.25) is 0 Å². The maximum absolute atomic E-state index is 12.9. The third-order valence-electron chi connectivity index (χ3n) is 8.43. The van der Waals surface area contributed by atoms with Gasteiger partial charge in [-0.05, 0) is 86.0 Å². The quantitative estimate of drug-likeness (QED) is 0.320. The van der Waals surface area contributed by atoms with Crippen molar-refractivity contribution in [1.82, 2.24) is 0 Å². The fourth-order valence-corrected chi connectivity index (χ4v) is 6.39. The summed E-state index contributed by atoms with van der Waals surface area (Å²) in [4.78, 5) is 0. The molecule has 0 aromatic rings. The summed E-state index contributed by atoms with van der Waals surface area (Å²) >= 11 is 0. The number of allylic oxidation sites excluding steroid dienone is 4. The molecule has 0 aromatic carbocycles. The van der Waals surface area contributed by atoms with Gasteiger partial charge in [0.25, 0.3) is 0 Å². The summed E-state index contributed by atoms with van der Waals surface area (Å²) in [5.41, 5.74) is -1.73. The van der Waals surface area contributed by atoms with Crippen LogP contribution in [0.3, 0.4) is 0 Å². The maximum atomic E-state index is 12.9. The molecule has 5 atom stereocenters. The number of alkyl halides is 6. The lowest BCUT2D eigenvalue weighted by atomic mass is 9.61. The van der Waals surface area contributed by atoms with Crippen molar-refractivity contribution in [3.05, 3.63) is 35.5 Å². The van der Waals surface area contributed by atoms with E-state index in [0.717, 1.165) is 62.0 Å². The molecule has 35 heavy (non-hydrogen) atoms. The predicted octanol–water partition coefficient (Wildman–Crippen LogP) is 7.04. The van der Waals surface area contributed by atoms with Gasteiger partial charge >= 0.3 is 18.0 Å². The molecule has 0 aliphatic heterocycles. The average Bonchev–Trinajstić information content (AvgIpc) is 3.10. The van der Waals surface area contributed by atoms with Gasteiger partial charge in [0.1, 0.15) is 0 Å². The highest BCUT2D eigenvalue weighted by atomic mass is 19.4. The molecule has 2 nitrogen and oxygen atoms in total. The van der Waals surface area contributed by atoms with Crippen molar-refractivity contribution < 1.29 is 36.6 Å². The van der Waals surface area contributed by atoms with Gasteiger partial charge in [0, 0.05) is 6.42 Å². The fraction of sp³-hybridized carbons (Fsp3) is 0.704. The van der Waals surface area contributed by atoms with Crippen LogP contribution < -0.4 is 0 Å². The minimum absolute atomic E-state index is 0.106. The number of rotatable bonds is 3. The van der Waals surface area contributed by atoms with E-state index >= 15 is 0 Å². The summed E-state index contributed by atoms with van der Waals surface area (Å²) in [6, 6.07) is 0. The Morgan fingerprint density at radius 2 is 1.74 bits per heavy atom. The number of aliphatic hydroxyl groups excluding tert-OH is 1. The van der Waals surface area contributed by atoms with Gasteiger partial charge in [0.15, 0.2) is 0 Å². The van der Waals surface area contributed by atoms with Gasteiger partial charge < -0.3 is 10.2 Å². The molecule has 0 amide bonds. The molecule has 3 fully saturated rings. The molecule has 0 heterocycles. The summed E-state index contributed by atoms with van der Waals surface area (Å²) in [5, 5.41) is 19.3. The Morgan fingerprint density at radius 3 is 2.37 bits per heavy atom. The number of hydrogen-bond acceptors (Lipinski definition) is 2. The maximum Gasteiger partial charge on any atom is 0.438 e. The van der Waals surface area contributed by atoms with Crippen LogP contribution in [0.25, 0.3) is 0 Å². The molecule has 0 spiro atoms. The van der Waals surface area contributed by atoms with E-state index in [2.05, 4.69) is 25.7 Å². The van der Waals surface area contributed by atoms with Gasteiger partial charge in [-0.15, -0.1) is 0 Å². The fourth-order valence-electron chi connectivity index (χ4n) is 6.39. The van der Waals surface area contributed by atoms with Gasteiger partial charge in [-0.1, -0.05) is 49.6 Å². The monoisotopic (exact) mass is 504 g/mol. The molecule has 3 aliphatic carbocycles. The number of aliphatic hydroxyl groups is 2. The molecule has 0 radical (unpaired) electrons. The van der Waals surface area contributed by atoms with Crippen molar-refractivity contribution >= 4 is 0 Å². The standard InChI is InChI=1S/C27H34F6O2/c1-17-8-11-21(34)16-20(17)10-9-19-7-5-14-24(3)22(12-13-23(19)24)18(2)6-4-15-25(35,26(28,29)30)27(31,32)33/h9-10,18,21-23,34-35H,1,5-8,11-14,16H2,2-3H3/b19-9+,20-10+/t18-,21+,22-,23+,24-/m1/s1. The van der Waals surface area contributed by atoms with Gasteiger partial charge in [0.2, 0.25) is 0 Å². The molecule has 0 bridgehead atoms.